The number of nitrogens with zero attached hydrogens (tertiary/aromatic N) is 2. The number of benzene rings is 1. The Balaban J connectivity index is 2.39. The van der Waals surface area contributed by atoms with Gasteiger partial charge in [0, 0.05) is 19.6 Å². The van der Waals surface area contributed by atoms with Crippen LogP contribution in [0.2, 0.25) is 0 Å². The van der Waals surface area contributed by atoms with E-state index in [0.29, 0.717) is 18.9 Å². The maximum absolute atomic E-state index is 11.8. The van der Waals surface area contributed by atoms with E-state index < -0.39 is 36.0 Å². The van der Waals surface area contributed by atoms with Gasteiger partial charge >= 0.3 is 18.0 Å². The molecule has 1 aromatic rings. The number of anilines is 1. The maximum atomic E-state index is 11.8. The molecule has 27 heavy (non-hydrogen) atoms. The summed E-state index contributed by atoms with van der Waals surface area (Å²) >= 11 is 0. The smallest absolute Gasteiger partial charge is 0.321 e. The highest BCUT2D eigenvalue weighted by molar-refractivity contribution is 5.84. The van der Waals surface area contributed by atoms with Gasteiger partial charge in [0.25, 0.3) is 0 Å². The van der Waals surface area contributed by atoms with Gasteiger partial charge < -0.3 is 36.2 Å². The van der Waals surface area contributed by atoms with Crippen molar-refractivity contribution in [1.82, 2.24) is 4.90 Å². The lowest BCUT2D eigenvalue weighted by atomic mass is 9.89. The molecule has 2 amide bonds. The van der Waals surface area contributed by atoms with Crippen LogP contribution in [0.4, 0.5) is 10.5 Å². The van der Waals surface area contributed by atoms with Crippen molar-refractivity contribution in [1.29, 1.82) is 0 Å². The van der Waals surface area contributed by atoms with Gasteiger partial charge in [-0.3, -0.25) is 9.59 Å². The maximum Gasteiger partial charge on any atom is 0.321 e. The molecule has 1 aliphatic rings. The average molecular weight is 380 g/mol. The molecule has 0 saturated carbocycles. The average Bonchev–Trinajstić information content (AvgIpc) is 2.62. The Bertz CT molecular complexity index is 712. The summed E-state index contributed by atoms with van der Waals surface area (Å²) in [5.74, 6) is -3.77. The Hall–Kier alpha value is -3.01. The molecular formula is C17H24N4O6. The summed E-state index contributed by atoms with van der Waals surface area (Å²) in [6.07, 6.45) is 0. The number of amides is 2. The Morgan fingerprint density at radius 2 is 1.89 bits per heavy atom. The first kappa shape index (κ1) is 20.3. The lowest BCUT2D eigenvalue weighted by Crippen LogP contribution is -2.64. The van der Waals surface area contributed by atoms with E-state index in [4.69, 9.17) is 16.2 Å². The van der Waals surface area contributed by atoms with Crippen molar-refractivity contribution < 1.29 is 29.3 Å². The van der Waals surface area contributed by atoms with Gasteiger partial charge in [-0.2, -0.15) is 0 Å². The van der Waals surface area contributed by atoms with Gasteiger partial charge in [0.1, 0.15) is 17.7 Å². The second-order valence-corrected chi connectivity index (χ2v) is 6.17. The molecule has 0 radical (unpaired) electrons. The Labute approximate surface area is 156 Å². The molecule has 0 aliphatic carbocycles. The summed E-state index contributed by atoms with van der Waals surface area (Å²) in [5, 5.41) is 18.8. The van der Waals surface area contributed by atoms with Crippen LogP contribution in [0.15, 0.2) is 24.3 Å². The number of carbonyl (C=O) groups is 3. The Morgan fingerprint density at radius 1 is 1.22 bits per heavy atom. The normalized spacial score (nSPS) is 19.3. The van der Waals surface area contributed by atoms with Gasteiger partial charge in [0.2, 0.25) is 0 Å². The number of ether oxygens (including phenoxy) is 1. The van der Waals surface area contributed by atoms with Crippen molar-refractivity contribution >= 4 is 23.7 Å². The second kappa shape index (κ2) is 8.58. The quantitative estimate of drug-likeness (QED) is 0.504. The minimum Gasteiger partial charge on any atom is -0.492 e. The number of carbonyl (C=O) groups excluding carboxylic acids is 1. The van der Waals surface area contributed by atoms with Crippen LogP contribution in [0.1, 0.15) is 6.92 Å². The van der Waals surface area contributed by atoms with E-state index >= 15 is 0 Å². The third-order valence-electron chi connectivity index (χ3n) is 4.58. The first-order chi connectivity index (χ1) is 12.8. The van der Waals surface area contributed by atoms with E-state index in [2.05, 4.69) is 0 Å². The minimum absolute atomic E-state index is 0.0605. The van der Waals surface area contributed by atoms with Gasteiger partial charge in [-0.1, -0.05) is 12.1 Å². The van der Waals surface area contributed by atoms with Gasteiger partial charge in [0.05, 0.1) is 18.3 Å². The molecule has 2 unspecified atom stereocenters. The number of carboxylic acids is 2. The molecule has 0 spiro atoms. The third kappa shape index (κ3) is 4.40. The molecule has 0 aromatic heterocycles. The molecule has 1 heterocycles. The summed E-state index contributed by atoms with van der Waals surface area (Å²) in [6, 6.07) is 3.71. The van der Waals surface area contributed by atoms with Crippen molar-refractivity contribution in [3.63, 3.8) is 0 Å². The number of rotatable bonds is 7. The molecule has 2 rings (SSSR count). The van der Waals surface area contributed by atoms with Crippen LogP contribution < -0.4 is 21.1 Å². The van der Waals surface area contributed by atoms with E-state index in [1.54, 1.807) is 6.07 Å². The predicted octanol–water partition coefficient (Wildman–Crippen LogP) is -0.233. The van der Waals surface area contributed by atoms with E-state index in [1.165, 1.54) is 4.90 Å². The number of nitrogens with two attached hydrogens (primary N) is 2. The summed E-state index contributed by atoms with van der Waals surface area (Å²) in [5.41, 5.74) is 11.7. The van der Waals surface area contributed by atoms with Gasteiger partial charge in [0.15, 0.2) is 0 Å². The summed E-state index contributed by atoms with van der Waals surface area (Å²) < 4.78 is 5.61. The molecule has 0 bridgehead atoms. The van der Waals surface area contributed by atoms with Crippen LogP contribution in [0.3, 0.4) is 0 Å². The van der Waals surface area contributed by atoms with Crippen LogP contribution in [0, 0.1) is 5.92 Å². The molecule has 6 N–H and O–H groups in total. The fourth-order valence-corrected chi connectivity index (χ4v) is 3.32. The van der Waals surface area contributed by atoms with Crippen molar-refractivity contribution in [2.24, 2.45) is 17.4 Å². The molecule has 1 fully saturated rings. The zero-order valence-electron chi connectivity index (χ0n) is 14.9. The second-order valence-electron chi connectivity index (χ2n) is 6.17. The van der Waals surface area contributed by atoms with Crippen molar-refractivity contribution in [3.05, 3.63) is 24.3 Å². The van der Waals surface area contributed by atoms with Crippen LogP contribution in [-0.2, 0) is 9.59 Å². The monoisotopic (exact) mass is 380 g/mol. The van der Waals surface area contributed by atoms with Gasteiger partial charge in [-0.25, -0.2) is 4.79 Å². The van der Waals surface area contributed by atoms with E-state index in [0.717, 1.165) is 5.69 Å². The summed E-state index contributed by atoms with van der Waals surface area (Å²) in [7, 11) is 0. The highest BCUT2D eigenvalue weighted by atomic mass is 16.5. The predicted molar refractivity (Wildman–Crippen MR) is 96.6 cm³/mol. The van der Waals surface area contributed by atoms with Crippen LogP contribution in [0.5, 0.6) is 5.75 Å². The molecule has 1 saturated heterocycles. The number of carboxylic acid groups (broad SMARTS) is 2. The number of urea groups is 1. The number of primary amides is 1. The fraction of sp³-hybridized carbons (Fsp3) is 0.471. The Kier molecular flexibility index (Phi) is 6.45. The molecule has 1 aromatic carbocycles. The van der Waals surface area contributed by atoms with Gasteiger partial charge in [-0.05, 0) is 19.1 Å². The SMILES string of the molecule is CCOc1ccccc1N1CCN(C(N)=O)C(C(C(=O)O)[C@H](N)C(=O)O)C1. The highest BCUT2D eigenvalue weighted by Gasteiger charge is 2.44. The zero-order valence-corrected chi connectivity index (χ0v) is 14.9. The lowest BCUT2D eigenvalue weighted by molar-refractivity contribution is -0.152. The van der Waals surface area contributed by atoms with Crippen molar-refractivity contribution in [2.75, 3.05) is 31.1 Å². The van der Waals surface area contributed by atoms with E-state index in [-0.39, 0.29) is 13.1 Å². The lowest BCUT2D eigenvalue weighted by Gasteiger charge is -2.44. The third-order valence-corrected chi connectivity index (χ3v) is 4.58. The van der Waals surface area contributed by atoms with E-state index in [9.17, 15) is 24.6 Å². The van der Waals surface area contributed by atoms with Crippen molar-refractivity contribution in [3.8, 4) is 5.75 Å². The zero-order chi connectivity index (χ0) is 20.1. The summed E-state index contributed by atoms with van der Waals surface area (Å²) in [6.45, 7) is 2.88. The number of aliphatic carboxylic acids is 2. The number of para-hydroxylation sites is 2. The number of hydrogen-bond donors (Lipinski definition) is 4. The molecular weight excluding hydrogens is 356 g/mol. The van der Waals surface area contributed by atoms with Crippen LogP contribution >= 0.6 is 0 Å². The largest absolute Gasteiger partial charge is 0.492 e. The molecule has 1 aliphatic heterocycles. The summed E-state index contributed by atoms with van der Waals surface area (Å²) in [4.78, 5) is 37.9. The topological polar surface area (TPSA) is 159 Å². The number of hydrogen-bond acceptors (Lipinski definition) is 6. The molecule has 148 valence electrons. The van der Waals surface area contributed by atoms with E-state index in [1.807, 2.05) is 30.0 Å². The van der Waals surface area contributed by atoms with Crippen LogP contribution in [-0.4, -0.2) is 71.4 Å². The first-order valence-corrected chi connectivity index (χ1v) is 8.52. The standard InChI is InChI=1S/C17H24N4O6/c1-2-27-12-6-4-3-5-10(12)20-7-8-21(17(19)26)11(9-20)13(15(22)23)14(18)16(24)25/h3-6,11,13-14H,2,7-9,18H2,1H3,(H2,19,26)(H,22,23)(H,24,25)/t11?,13?,14-/m0/s1. The molecule has 10 heteroatoms. The van der Waals surface area contributed by atoms with Crippen molar-refractivity contribution in [2.45, 2.75) is 19.0 Å². The minimum atomic E-state index is -1.68. The molecule has 10 nitrogen and oxygen atoms in total. The Morgan fingerprint density at radius 3 is 2.44 bits per heavy atom. The van der Waals surface area contributed by atoms with Gasteiger partial charge in [-0.15, -0.1) is 0 Å². The number of piperazine rings is 1. The highest BCUT2D eigenvalue weighted by Crippen LogP contribution is 2.31. The molecule has 3 atom stereocenters. The van der Waals surface area contributed by atoms with Crippen LogP contribution in [0.25, 0.3) is 0 Å². The fourth-order valence-electron chi connectivity index (χ4n) is 3.32. The first-order valence-electron chi connectivity index (χ1n) is 8.52.